The van der Waals surface area contributed by atoms with E-state index < -0.39 is 0 Å². The van der Waals surface area contributed by atoms with Gasteiger partial charge < -0.3 is 14.7 Å². The number of ether oxygens (including phenoxy) is 2. The van der Waals surface area contributed by atoms with Crippen molar-refractivity contribution in [2.24, 2.45) is 5.16 Å². The number of hydrogen-bond donors (Lipinski definition) is 1. The molecule has 0 fully saturated rings. The lowest BCUT2D eigenvalue weighted by atomic mass is 10.1. The topological polar surface area (TPSA) is 51.1 Å². The minimum Gasteiger partial charge on any atom is -0.490 e. The first-order valence-electron chi connectivity index (χ1n) is 5.68. The summed E-state index contributed by atoms with van der Waals surface area (Å²) in [6.45, 7) is 4.34. The summed E-state index contributed by atoms with van der Waals surface area (Å²) in [6, 6.07) is 7.52. The van der Waals surface area contributed by atoms with E-state index in [0.29, 0.717) is 24.5 Å². The SMILES string of the molecule is CC/C(=N/O)c1ccccc1OCC(C)OC. The zero-order valence-electron chi connectivity index (χ0n) is 10.5. The second kappa shape index (κ2) is 6.91. The van der Waals surface area contributed by atoms with Crippen molar-refractivity contribution in [1.82, 2.24) is 0 Å². The predicted molar refractivity (Wildman–Crippen MR) is 67.0 cm³/mol. The Labute approximate surface area is 102 Å². The van der Waals surface area contributed by atoms with E-state index in [4.69, 9.17) is 14.7 Å². The Morgan fingerprint density at radius 2 is 2.12 bits per heavy atom. The molecule has 94 valence electrons. The fourth-order valence-corrected chi connectivity index (χ4v) is 1.42. The first-order chi connectivity index (χ1) is 8.22. The van der Waals surface area contributed by atoms with Crippen LogP contribution in [0.3, 0.4) is 0 Å². The van der Waals surface area contributed by atoms with Crippen LogP contribution in [0.25, 0.3) is 0 Å². The number of para-hydroxylation sites is 1. The van der Waals surface area contributed by atoms with Crippen LogP contribution < -0.4 is 4.74 Å². The zero-order valence-corrected chi connectivity index (χ0v) is 10.5. The first kappa shape index (κ1) is 13.5. The highest BCUT2D eigenvalue weighted by Gasteiger charge is 2.10. The molecule has 0 aliphatic heterocycles. The number of benzene rings is 1. The van der Waals surface area contributed by atoms with E-state index in [1.54, 1.807) is 7.11 Å². The first-order valence-corrected chi connectivity index (χ1v) is 5.68. The van der Waals surface area contributed by atoms with Crippen LogP contribution in [0, 0.1) is 0 Å². The van der Waals surface area contributed by atoms with Crippen LogP contribution in [0.5, 0.6) is 5.75 Å². The van der Waals surface area contributed by atoms with Crippen LogP contribution in [0.1, 0.15) is 25.8 Å². The maximum Gasteiger partial charge on any atom is 0.128 e. The standard InChI is InChI=1S/C13H19NO3/c1-4-12(14-15)11-7-5-6-8-13(11)17-9-10(2)16-3/h5-8,10,15H,4,9H2,1-3H3/b14-12-. The highest BCUT2D eigenvalue weighted by Crippen LogP contribution is 2.20. The molecular weight excluding hydrogens is 218 g/mol. The molecule has 0 spiro atoms. The Morgan fingerprint density at radius 1 is 1.41 bits per heavy atom. The van der Waals surface area contributed by atoms with Gasteiger partial charge in [0.15, 0.2) is 0 Å². The Kier molecular flexibility index (Phi) is 5.49. The molecule has 0 saturated heterocycles. The summed E-state index contributed by atoms with van der Waals surface area (Å²) in [7, 11) is 1.65. The number of oxime groups is 1. The molecule has 1 atom stereocenters. The maximum absolute atomic E-state index is 8.94. The second-order valence-electron chi connectivity index (χ2n) is 3.75. The maximum atomic E-state index is 8.94. The van der Waals surface area contributed by atoms with Crippen molar-refractivity contribution in [3.8, 4) is 5.75 Å². The summed E-state index contributed by atoms with van der Waals surface area (Å²) < 4.78 is 10.8. The van der Waals surface area contributed by atoms with Crippen LogP contribution in [-0.4, -0.2) is 30.7 Å². The minimum absolute atomic E-state index is 0.0270. The monoisotopic (exact) mass is 237 g/mol. The Hall–Kier alpha value is -1.55. The van der Waals surface area contributed by atoms with Gasteiger partial charge in [0, 0.05) is 12.7 Å². The summed E-state index contributed by atoms with van der Waals surface area (Å²) in [5, 5.41) is 12.2. The van der Waals surface area contributed by atoms with Gasteiger partial charge in [-0.1, -0.05) is 24.2 Å². The Morgan fingerprint density at radius 3 is 2.71 bits per heavy atom. The van der Waals surface area contributed by atoms with E-state index in [1.807, 2.05) is 38.1 Å². The van der Waals surface area contributed by atoms with Gasteiger partial charge in [-0.2, -0.15) is 0 Å². The largest absolute Gasteiger partial charge is 0.490 e. The van der Waals surface area contributed by atoms with Gasteiger partial charge in [-0.25, -0.2) is 0 Å². The fourth-order valence-electron chi connectivity index (χ4n) is 1.42. The van der Waals surface area contributed by atoms with Crippen molar-refractivity contribution in [2.45, 2.75) is 26.4 Å². The van der Waals surface area contributed by atoms with Crippen molar-refractivity contribution >= 4 is 5.71 Å². The van der Waals surface area contributed by atoms with Crippen molar-refractivity contribution in [1.29, 1.82) is 0 Å². The van der Waals surface area contributed by atoms with Crippen LogP contribution in [-0.2, 0) is 4.74 Å². The van der Waals surface area contributed by atoms with Crippen molar-refractivity contribution in [3.05, 3.63) is 29.8 Å². The lowest BCUT2D eigenvalue weighted by molar-refractivity contribution is 0.0716. The molecule has 1 unspecified atom stereocenters. The minimum atomic E-state index is 0.0270. The fraction of sp³-hybridized carbons (Fsp3) is 0.462. The lowest BCUT2D eigenvalue weighted by Gasteiger charge is -2.14. The van der Waals surface area contributed by atoms with Gasteiger partial charge in [0.2, 0.25) is 0 Å². The number of methoxy groups -OCH3 is 1. The third kappa shape index (κ3) is 3.75. The molecule has 17 heavy (non-hydrogen) atoms. The van der Waals surface area contributed by atoms with Crippen LogP contribution in [0.2, 0.25) is 0 Å². The normalized spacial score (nSPS) is 13.5. The van der Waals surface area contributed by atoms with Crippen LogP contribution >= 0.6 is 0 Å². The molecule has 1 N–H and O–H groups in total. The highest BCUT2D eigenvalue weighted by molar-refractivity contribution is 6.02. The average Bonchev–Trinajstić information content (AvgIpc) is 2.38. The molecule has 4 nitrogen and oxygen atoms in total. The van der Waals surface area contributed by atoms with Gasteiger partial charge in [-0.15, -0.1) is 0 Å². The molecule has 0 saturated carbocycles. The second-order valence-corrected chi connectivity index (χ2v) is 3.75. The van der Waals surface area contributed by atoms with E-state index >= 15 is 0 Å². The average molecular weight is 237 g/mol. The molecule has 0 aliphatic carbocycles. The summed E-state index contributed by atoms with van der Waals surface area (Å²) in [6.07, 6.45) is 0.677. The molecule has 0 heterocycles. The molecule has 0 bridgehead atoms. The van der Waals surface area contributed by atoms with E-state index in [9.17, 15) is 0 Å². The quantitative estimate of drug-likeness (QED) is 0.470. The molecule has 0 amide bonds. The molecule has 1 aromatic rings. The lowest BCUT2D eigenvalue weighted by Crippen LogP contribution is -2.17. The van der Waals surface area contributed by atoms with Gasteiger partial charge in [0.1, 0.15) is 12.4 Å². The summed E-state index contributed by atoms with van der Waals surface area (Å²) in [4.78, 5) is 0. The van der Waals surface area contributed by atoms with Gasteiger partial charge in [0.25, 0.3) is 0 Å². The third-order valence-electron chi connectivity index (χ3n) is 2.53. The van der Waals surface area contributed by atoms with Crippen molar-refractivity contribution in [3.63, 3.8) is 0 Å². The smallest absolute Gasteiger partial charge is 0.128 e. The van der Waals surface area contributed by atoms with Crippen molar-refractivity contribution in [2.75, 3.05) is 13.7 Å². The third-order valence-corrected chi connectivity index (χ3v) is 2.53. The summed E-state index contributed by atoms with van der Waals surface area (Å²) >= 11 is 0. The van der Waals surface area contributed by atoms with Gasteiger partial charge in [-0.05, 0) is 25.5 Å². The molecule has 1 aromatic carbocycles. The van der Waals surface area contributed by atoms with Crippen LogP contribution in [0.15, 0.2) is 29.4 Å². The highest BCUT2D eigenvalue weighted by atomic mass is 16.5. The predicted octanol–water partition coefficient (Wildman–Crippen LogP) is 2.69. The van der Waals surface area contributed by atoms with Gasteiger partial charge in [0.05, 0.1) is 11.8 Å². The van der Waals surface area contributed by atoms with Crippen molar-refractivity contribution < 1.29 is 14.7 Å². The Balaban J connectivity index is 2.84. The zero-order chi connectivity index (χ0) is 12.7. The molecule has 1 rings (SSSR count). The van der Waals surface area contributed by atoms with E-state index in [-0.39, 0.29) is 6.10 Å². The van der Waals surface area contributed by atoms with Gasteiger partial charge in [-0.3, -0.25) is 0 Å². The number of hydrogen-bond acceptors (Lipinski definition) is 4. The molecule has 0 aliphatic rings. The van der Waals surface area contributed by atoms with E-state index in [2.05, 4.69) is 5.16 Å². The summed E-state index contributed by atoms with van der Waals surface area (Å²) in [5.41, 5.74) is 1.44. The van der Waals surface area contributed by atoms with Gasteiger partial charge >= 0.3 is 0 Å². The van der Waals surface area contributed by atoms with E-state index in [0.717, 1.165) is 5.56 Å². The van der Waals surface area contributed by atoms with Crippen LogP contribution in [0.4, 0.5) is 0 Å². The molecular formula is C13H19NO3. The molecule has 0 aromatic heterocycles. The molecule has 4 heteroatoms. The number of nitrogens with zero attached hydrogens (tertiary/aromatic N) is 1. The number of rotatable bonds is 6. The summed E-state index contributed by atoms with van der Waals surface area (Å²) in [5.74, 6) is 0.714. The Bertz CT molecular complexity index is 377. The van der Waals surface area contributed by atoms with E-state index in [1.165, 1.54) is 0 Å². The molecule has 0 radical (unpaired) electrons.